The number of amides is 1. The van der Waals surface area contributed by atoms with E-state index in [0.717, 1.165) is 17.0 Å². The van der Waals surface area contributed by atoms with Gasteiger partial charge in [0.1, 0.15) is 17.4 Å². The first-order valence-electron chi connectivity index (χ1n) is 11.0. The molecule has 1 aliphatic heterocycles. The quantitative estimate of drug-likeness (QED) is 0.416. The van der Waals surface area contributed by atoms with Gasteiger partial charge in [0.25, 0.3) is 10.0 Å². The van der Waals surface area contributed by atoms with Crippen molar-refractivity contribution in [3.05, 3.63) is 66.1 Å². The maximum atomic E-state index is 14.0. The third-order valence-corrected chi connectivity index (χ3v) is 8.26. The van der Waals surface area contributed by atoms with E-state index in [4.69, 9.17) is 0 Å². The topological polar surface area (TPSA) is 100 Å². The highest BCUT2D eigenvalue weighted by Gasteiger charge is 2.27. The smallest absolute Gasteiger partial charge is 0.263 e. The molecule has 0 aliphatic carbocycles. The monoisotopic (exact) mass is 518 g/mol. The largest absolute Gasteiger partial charge is 0.368 e. The lowest BCUT2D eigenvalue weighted by Gasteiger charge is -2.37. The minimum absolute atomic E-state index is 0. The zero-order valence-electron chi connectivity index (χ0n) is 18.8. The Morgan fingerprint density at radius 3 is 2.54 bits per heavy atom. The number of benzene rings is 2. The Morgan fingerprint density at radius 1 is 1.11 bits per heavy atom. The highest BCUT2D eigenvalue weighted by molar-refractivity contribution is 7.93. The van der Waals surface area contributed by atoms with Gasteiger partial charge in [-0.3, -0.25) is 9.52 Å². The van der Waals surface area contributed by atoms with E-state index in [1.54, 1.807) is 42.6 Å². The molecule has 0 bridgehead atoms. The molecule has 1 aliphatic rings. The number of hydrogen-bond acceptors (Lipinski definition) is 7. The van der Waals surface area contributed by atoms with Crippen LogP contribution in [-0.2, 0) is 14.8 Å². The van der Waals surface area contributed by atoms with Crippen LogP contribution < -0.4 is 9.62 Å². The van der Waals surface area contributed by atoms with E-state index < -0.39 is 16.1 Å². The third kappa shape index (κ3) is 4.58. The van der Waals surface area contributed by atoms with Crippen molar-refractivity contribution < 1.29 is 20.5 Å². The van der Waals surface area contributed by atoms with Gasteiger partial charge in [-0.05, 0) is 49.4 Å². The zero-order chi connectivity index (χ0) is 24.6. The Kier molecular flexibility index (Phi) is 6.15. The zero-order valence-corrected chi connectivity index (χ0v) is 20.5. The number of carbonyl (C=O) groups excluding carboxylic acids is 1. The van der Waals surface area contributed by atoms with E-state index in [1.165, 1.54) is 11.6 Å². The predicted octanol–water partition coefficient (Wildman–Crippen LogP) is 3.83. The molecule has 1 amide bonds. The number of fused-ring (bicyclic) bond motifs is 1. The van der Waals surface area contributed by atoms with Crippen LogP contribution >= 0.6 is 11.3 Å². The number of sulfonamides is 1. The lowest BCUT2D eigenvalue weighted by Crippen LogP contribution is -2.50. The summed E-state index contributed by atoms with van der Waals surface area (Å²) in [4.78, 5) is 17.2. The number of nitrogens with zero attached hydrogens (tertiary/aromatic N) is 5. The van der Waals surface area contributed by atoms with E-state index in [-0.39, 0.29) is 24.6 Å². The summed E-state index contributed by atoms with van der Waals surface area (Å²) in [6.45, 7) is 4.14. The van der Waals surface area contributed by atoms with Crippen LogP contribution in [0.15, 0.2) is 65.1 Å². The van der Waals surface area contributed by atoms with Crippen molar-refractivity contribution in [1.29, 1.82) is 0 Å². The van der Waals surface area contributed by atoms with Crippen LogP contribution in [0.5, 0.6) is 0 Å². The average molecular weight is 519 g/mol. The number of nitrogens with one attached hydrogen (secondary N) is 1. The third-order valence-electron chi connectivity index (χ3n) is 6.17. The highest BCUT2D eigenvalue weighted by Crippen LogP contribution is 2.25. The fourth-order valence-corrected chi connectivity index (χ4v) is 5.98. The average Bonchev–Trinajstić information content (AvgIpc) is 3.54. The number of halogens is 1. The Hall–Kier alpha value is -3.51. The molecule has 0 unspecified atom stereocenters. The summed E-state index contributed by atoms with van der Waals surface area (Å²) in [5, 5.41) is 8.04. The lowest BCUT2D eigenvalue weighted by atomic mass is 10.2. The van der Waals surface area contributed by atoms with Gasteiger partial charge in [0.05, 0.1) is 10.4 Å². The first-order chi connectivity index (χ1) is 16.8. The molecule has 3 heterocycles. The molecule has 12 heteroatoms. The standard InChI is InChI=1S/C23H23FN6O3S2.2H2/c1-16(30-10-9-19-20(24)3-2-4-21(19)30)22(31)29-13-11-28(12-14-29)17-5-7-18(8-6-17)35(32,33)27-23-26-25-15-34-23;;/h2-10,15-16H,11-14H2,1H3,(H,26,27);2*1H/t16-;;/m0../s1. The molecule has 5 rings (SSSR count). The normalized spacial score (nSPS) is 15.4. The van der Waals surface area contributed by atoms with E-state index in [0.29, 0.717) is 37.1 Å². The van der Waals surface area contributed by atoms with Crippen LogP contribution in [0.3, 0.4) is 0 Å². The summed E-state index contributed by atoms with van der Waals surface area (Å²) in [6, 6.07) is 12.7. The van der Waals surface area contributed by atoms with Crippen LogP contribution in [0.4, 0.5) is 15.2 Å². The first-order valence-corrected chi connectivity index (χ1v) is 13.4. The molecule has 0 saturated carbocycles. The Balaban J connectivity index is 0.00000190. The van der Waals surface area contributed by atoms with Crippen molar-refractivity contribution in [2.24, 2.45) is 0 Å². The summed E-state index contributed by atoms with van der Waals surface area (Å²) in [5.74, 6) is -0.320. The maximum absolute atomic E-state index is 14.0. The number of piperazine rings is 1. The molecule has 186 valence electrons. The van der Waals surface area contributed by atoms with Crippen LogP contribution in [0, 0.1) is 5.82 Å². The second kappa shape index (κ2) is 9.27. The molecular weight excluding hydrogens is 491 g/mol. The van der Waals surface area contributed by atoms with Gasteiger partial charge in [-0.2, -0.15) is 0 Å². The van der Waals surface area contributed by atoms with E-state index in [2.05, 4.69) is 19.8 Å². The summed E-state index contributed by atoms with van der Waals surface area (Å²) in [6.07, 6.45) is 1.75. The molecule has 1 atom stereocenters. The van der Waals surface area contributed by atoms with Gasteiger partial charge in [-0.25, -0.2) is 12.8 Å². The molecule has 0 spiro atoms. The van der Waals surface area contributed by atoms with Gasteiger partial charge in [0, 0.05) is 46.3 Å². The highest BCUT2D eigenvalue weighted by atomic mass is 32.2. The summed E-state index contributed by atoms with van der Waals surface area (Å²) >= 11 is 1.10. The fourth-order valence-electron chi connectivity index (χ4n) is 4.28. The van der Waals surface area contributed by atoms with Crippen LogP contribution in [0.1, 0.15) is 15.8 Å². The van der Waals surface area contributed by atoms with Crippen LogP contribution in [-0.4, -0.2) is 60.2 Å². The molecular formula is C23H27FN6O3S2. The second-order valence-electron chi connectivity index (χ2n) is 8.23. The molecule has 4 aromatic rings. The van der Waals surface area contributed by atoms with E-state index >= 15 is 0 Å². The molecule has 2 aromatic carbocycles. The van der Waals surface area contributed by atoms with E-state index in [9.17, 15) is 17.6 Å². The molecule has 9 nitrogen and oxygen atoms in total. The Morgan fingerprint density at radius 2 is 1.86 bits per heavy atom. The minimum atomic E-state index is -3.74. The van der Waals surface area contributed by atoms with Gasteiger partial charge in [0.2, 0.25) is 11.0 Å². The number of hydrogen-bond donors (Lipinski definition) is 1. The molecule has 0 radical (unpaired) electrons. The van der Waals surface area contributed by atoms with Gasteiger partial charge < -0.3 is 14.4 Å². The van der Waals surface area contributed by atoms with Crippen molar-refractivity contribution in [3.8, 4) is 0 Å². The molecule has 35 heavy (non-hydrogen) atoms. The molecule has 1 N–H and O–H groups in total. The van der Waals surface area contributed by atoms with Crippen molar-refractivity contribution in [1.82, 2.24) is 19.7 Å². The van der Waals surface area contributed by atoms with Gasteiger partial charge in [-0.15, -0.1) is 10.2 Å². The van der Waals surface area contributed by atoms with Crippen molar-refractivity contribution in [2.45, 2.75) is 17.9 Å². The lowest BCUT2D eigenvalue weighted by molar-refractivity contribution is -0.134. The summed E-state index contributed by atoms with van der Waals surface area (Å²) < 4.78 is 43.3. The second-order valence-corrected chi connectivity index (χ2v) is 10.7. The van der Waals surface area contributed by atoms with Crippen LogP contribution in [0.2, 0.25) is 0 Å². The van der Waals surface area contributed by atoms with Gasteiger partial charge in [-0.1, -0.05) is 17.4 Å². The van der Waals surface area contributed by atoms with E-state index in [1.807, 2.05) is 22.5 Å². The fraction of sp³-hybridized carbons (Fsp3) is 0.261. The molecule has 2 aromatic heterocycles. The van der Waals surface area contributed by atoms with Crippen molar-refractivity contribution in [2.75, 3.05) is 35.8 Å². The Bertz CT molecular complexity index is 1460. The number of aromatic nitrogens is 3. The van der Waals surface area contributed by atoms with Crippen LogP contribution in [0.25, 0.3) is 10.9 Å². The predicted molar refractivity (Wildman–Crippen MR) is 137 cm³/mol. The van der Waals surface area contributed by atoms with Crippen molar-refractivity contribution in [3.63, 3.8) is 0 Å². The number of anilines is 2. The van der Waals surface area contributed by atoms with Gasteiger partial charge in [0.15, 0.2) is 0 Å². The first kappa shape index (κ1) is 23.2. The number of carbonyl (C=O) groups is 1. The van der Waals surface area contributed by atoms with Crippen molar-refractivity contribution >= 4 is 49.0 Å². The Labute approximate surface area is 208 Å². The molecule has 1 fully saturated rings. The van der Waals surface area contributed by atoms with Gasteiger partial charge >= 0.3 is 0 Å². The maximum Gasteiger partial charge on any atom is 0.263 e. The minimum Gasteiger partial charge on any atom is -0.368 e. The SMILES string of the molecule is C[C@@H](C(=O)N1CCN(c2ccc(S(=O)(=O)Nc3nncs3)cc2)CC1)n1ccc2c(F)cccc21.[HH].[HH]. The molecule has 1 saturated heterocycles. The summed E-state index contributed by atoms with van der Waals surface area (Å²) in [7, 11) is -3.74. The summed E-state index contributed by atoms with van der Waals surface area (Å²) in [5.41, 5.74) is 3.03. The number of rotatable bonds is 6.